The Morgan fingerprint density at radius 1 is 1.07 bits per heavy atom. The fourth-order valence-electron chi connectivity index (χ4n) is 4.09. The molecule has 1 saturated carbocycles. The molecule has 0 unspecified atom stereocenters. The Morgan fingerprint density at radius 2 is 1.75 bits per heavy atom. The van der Waals surface area contributed by atoms with Gasteiger partial charge in [-0.2, -0.15) is 0 Å². The summed E-state index contributed by atoms with van der Waals surface area (Å²) in [6.07, 6.45) is 3.59. The molecule has 0 spiro atoms. The number of carbonyl (C=O) groups is 2. The molecule has 1 aliphatic carbocycles. The van der Waals surface area contributed by atoms with Gasteiger partial charge in [0.1, 0.15) is 5.82 Å². The molecule has 0 atom stereocenters. The quantitative estimate of drug-likeness (QED) is 0.880. The predicted octanol–water partition coefficient (Wildman–Crippen LogP) is 3.36. The number of hydrogen-bond donors (Lipinski definition) is 1. The third-order valence-corrected chi connectivity index (χ3v) is 5.84. The minimum atomic E-state index is -0.316. The van der Waals surface area contributed by atoms with E-state index in [-0.39, 0.29) is 29.6 Å². The summed E-state index contributed by atoms with van der Waals surface area (Å²) in [6, 6.07) is 8.44. The average Bonchev–Trinajstić information content (AvgIpc) is 3.48. The molecule has 28 heavy (non-hydrogen) atoms. The Bertz CT molecular complexity index is 909. The van der Waals surface area contributed by atoms with Gasteiger partial charge in [0.25, 0.3) is 5.91 Å². The van der Waals surface area contributed by atoms with Crippen LogP contribution in [0.15, 0.2) is 30.3 Å². The van der Waals surface area contributed by atoms with Gasteiger partial charge in [-0.25, -0.2) is 4.39 Å². The Morgan fingerprint density at radius 3 is 2.39 bits per heavy atom. The van der Waals surface area contributed by atoms with Crippen molar-refractivity contribution in [3.8, 4) is 5.69 Å². The van der Waals surface area contributed by atoms with Crippen molar-refractivity contribution in [1.82, 2.24) is 14.8 Å². The second-order valence-electron chi connectivity index (χ2n) is 7.92. The summed E-state index contributed by atoms with van der Waals surface area (Å²) in [7, 11) is 0. The first-order valence-corrected chi connectivity index (χ1v) is 9.99. The maximum atomic E-state index is 14.2. The molecule has 1 N–H and O–H groups in total. The Hall–Kier alpha value is -2.63. The van der Waals surface area contributed by atoms with E-state index in [0.29, 0.717) is 24.3 Å². The van der Waals surface area contributed by atoms with E-state index in [9.17, 15) is 14.0 Å². The van der Waals surface area contributed by atoms with E-state index in [0.717, 1.165) is 37.1 Å². The summed E-state index contributed by atoms with van der Waals surface area (Å²) in [5.41, 5.74) is 2.56. The number of aryl methyl sites for hydroxylation is 1. The van der Waals surface area contributed by atoms with Gasteiger partial charge < -0.3 is 14.8 Å². The molecular formula is C22H26FN3O2. The number of likely N-dealkylation sites (tertiary alicyclic amines) is 1. The first kappa shape index (κ1) is 18.7. The topological polar surface area (TPSA) is 54.3 Å². The lowest BCUT2D eigenvalue weighted by atomic mass is 10.0. The van der Waals surface area contributed by atoms with E-state index in [1.807, 2.05) is 24.8 Å². The highest BCUT2D eigenvalue weighted by Crippen LogP contribution is 2.32. The number of amides is 2. The Balaban J connectivity index is 1.44. The Kier molecular flexibility index (Phi) is 4.96. The highest BCUT2D eigenvalue weighted by molar-refractivity contribution is 5.96. The molecular weight excluding hydrogens is 357 g/mol. The molecule has 148 valence electrons. The van der Waals surface area contributed by atoms with E-state index in [2.05, 4.69) is 5.32 Å². The molecule has 2 aromatic rings. The normalized spacial score (nSPS) is 17.6. The first-order chi connectivity index (χ1) is 13.5. The van der Waals surface area contributed by atoms with Crippen LogP contribution in [0.4, 0.5) is 4.39 Å². The van der Waals surface area contributed by atoms with Crippen LogP contribution >= 0.6 is 0 Å². The summed E-state index contributed by atoms with van der Waals surface area (Å²) in [5.74, 6) is 0.0692. The third kappa shape index (κ3) is 3.55. The average molecular weight is 383 g/mol. The van der Waals surface area contributed by atoms with E-state index in [1.165, 1.54) is 6.07 Å². The van der Waals surface area contributed by atoms with Crippen molar-refractivity contribution in [1.29, 1.82) is 0 Å². The van der Waals surface area contributed by atoms with Gasteiger partial charge >= 0.3 is 0 Å². The predicted molar refractivity (Wildman–Crippen MR) is 105 cm³/mol. The zero-order valence-corrected chi connectivity index (χ0v) is 16.4. The molecule has 0 radical (unpaired) electrons. The van der Waals surface area contributed by atoms with Crippen LogP contribution < -0.4 is 5.32 Å². The maximum Gasteiger partial charge on any atom is 0.253 e. The largest absolute Gasteiger partial charge is 0.349 e. The fraction of sp³-hybridized carbons (Fsp3) is 0.455. The summed E-state index contributed by atoms with van der Waals surface area (Å²) >= 11 is 0. The lowest BCUT2D eigenvalue weighted by Crippen LogP contribution is -2.47. The van der Waals surface area contributed by atoms with Crippen LogP contribution in [0.3, 0.4) is 0 Å². The molecule has 1 saturated heterocycles. The molecule has 4 rings (SSSR count). The number of nitrogens with one attached hydrogen (secondary N) is 1. The summed E-state index contributed by atoms with van der Waals surface area (Å²) in [4.78, 5) is 26.9. The molecule has 2 aliphatic rings. The van der Waals surface area contributed by atoms with E-state index in [4.69, 9.17) is 0 Å². The van der Waals surface area contributed by atoms with Gasteiger partial charge in [0.15, 0.2) is 0 Å². The number of aromatic nitrogens is 1. The fourth-order valence-corrected chi connectivity index (χ4v) is 4.09. The van der Waals surface area contributed by atoms with Crippen molar-refractivity contribution in [2.24, 2.45) is 5.92 Å². The SMILES string of the molecule is Cc1cc(C(=O)NC2CCN(C(=O)C3CC3)CC2)c(C)n1-c1ccccc1F. The van der Waals surface area contributed by atoms with Crippen molar-refractivity contribution in [3.63, 3.8) is 0 Å². The van der Waals surface area contributed by atoms with Crippen molar-refractivity contribution in [3.05, 3.63) is 53.1 Å². The molecule has 2 heterocycles. The van der Waals surface area contributed by atoms with Crippen LogP contribution in [0.5, 0.6) is 0 Å². The van der Waals surface area contributed by atoms with Crippen LogP contribution in [0.2, 0.25) is 0 Å². The smallest absolute Gasteiger partial charge is 0.253 e. The van der Waals surface area contributed by atoms with Crippen LogP contribution in [-0.4, -0.2) is 40.4 Å². The summed E-state index contributed by atoms with van der Waals surface area (Å²) < 4.78 is 16.0. The summed E-state index contributed by atoms with van der Waals surface area (Å²) in [6.45, 7) is 5.12. The van der Waals surface area contributed by atoms with Gasteiger partial charge in [0, 0.05) is 36.4 Å². The van der Waals surface area contributed by atoms with Crippen LogP contribution in [0, 0.1) is 25.6 Å². The highest BCUT2D eigenvalue weighted by atomic mass is 19.1. The summed E-state index contributed by atoms with van der Waals surface area (Å²) in [5, 5.41) is 3.10. The Labute approximate surface area is 164 Å². The highest BCUT2D eigenvalue weighted by Gasteiger charge is 2.35. The number of hydrogen-bond acceptors (Lipinski definition) is 2. The van der Waals surface area contributed by atoms with Gasteiger partial charge in [-0.15, -0.1) is 0 Å². The standard InChI is InChI=1S/C22H26FN3O2/c1-14-13-18(15(2)26(14)20-6-4-3-5-19(20)23)21(27)24-17-9-11-25(12-10-17)22(28)16-7-8-16/h3-6,13,16-17H,7-12H2,1-2H3,(H,24,27). The van der Waals surface area contributed by atoms with Crippen LogP contribution in [0.25, 0.3) is 5.69 Å². The number of benzene rings is 1. The van der Waals surface area contributed by atoms with E-state index in [1.54, 1.807) is 22.8 Å². The number of para-hydroxylation sites is 1. The van der Waals surface area contributed by atoms with Gasteiger partial charge in [-0.1, -0.05) is 12.1 Å². The lowest BCUT2D eigenvalue weighted by molar-refractivity contribution is -0.133. The maximum absolute atomic E-state index is 14.2. The van der Waals surface area contributed by atoms with Gasteiger partial charge in [-0.05, 0) is 57.7 Å². The van der Waals surface area contributed by atoms with Crippen molar-refractivity contribution < 1.29 is 14.0 Å². The minimum Gasteiger partial charge on any atom is -0.349 e. The van der Waals surface area contributed by atoms with Crippen LogP contribution in [0.1, 0.15) is 47.4 Å². The third-order valence-electron chi connectivity index (χ3n) is 5.84. The molecule has 2 fully saturated rings. The number of rotatable bonds is 4. The van der Waals surface area contributed by atoms with E-state index >= 15 is 0 Å². The van der Waals surface area contributed by atoms with Crippen LogP contribution in [-0.2, 0) is 4.79 Å². The number of halogens is 1. The van der Waals surface area contributed by atoms with Gasteiger partial charge in [-0.3, -0.25) is 9.59 Å². The van der Waals surface area contributed by atoms with Crippen molar-refractivity contribution in [2.45, 2.75) is 45.6 Å². The lowest BCUT2D eigenvalue weighted by Gasteiger charge is -2.32. The zero-order valence-electron chi connectivity index (χ0n) is 16.4. The van der Waals surface area contributed by atoms with Crippen molar-refractivity contribution in [2.75, 3.05) is 13.1 Å². The molecule has 1 aliphatic heterocycles. The molecule has 0 bridgehead atoms. The zero-order chi connectivity index (χ0) is 19.8. The second-order valence-corrected chi connectivity index (χ2v) is 7.92. The number of nitrogens with zero attached hydrogens (tertiary/aromatic N) is 2. The monoisotopic (exact) mass is 383 g/mol. The van der Waals surface area contributed by atoms with E-state index < -0.39 is 0 Å². The molecule has 5 nitrogen and oxygen atoms in total. The van der Waals surface area contributed by atoms with Gasteiger partial charge in [0.05, 0.1) is 11.3 Å². The second kappa shape index (κ2) is 7.41. The molecule has 2 amide bonds. The molecule has 6 heteroatoms. The molecule has 1 aromatic carbocycles. The number of carbonyl (C=O) groups excluding carboxylic acids is 2. The first-order valence-electron chi connectivity index (χ1n) is 9.99. The molecule has 1 aromatic heterocycles. The van der Waals surface area contributed by atoms with Gasteiger partial charge in [0.2, 0.25) is 5.91 Å². The van der Waals surface area contributed by atoms with Crippen molar-refractivity contribution >= 4 is 11.8 Å². The number of piperidine rings is 1. The minimum absolute atomic E-state index is 0.0623.